The minimum atomic E-state index is -3.10. The molecule has 0 aliphatic heterocycles. The molecule has 0 aliphatic rings. The van der Waals surface area contributed by atoms with Gasteiger partial charge in [-0.25, -0.2) is 0 Å². The van der Waals surface area contributed by atoms with Gasteiger partial charge in [0.1, 0.15) is 0 Å². The molecular formula is C8H9O3STl. The predicted molar refractivity (Wildman–Crippen MR) is 50.7 cm³/mol. The van der Waals surface area contributed by atoms with Crippen LogP contribution in [0.5, 0.6) is 5.75 Å². The fraction of sp³-hybridized carbons (Fsp3) is 0.250. The molecule has 5 heteroatoms. The summed E-state index contributed by atoms with van der Waals surface area (Å²) in [6.07, 6.45) is 0. The van der Waals surface area contributed by atoms with Crippen LogP contribution in [0.15, 0.2) is 29.2 Å². The van der Waals surface area contributed by atoms with E-state index in [2.05, 4.69) is 0 Å². The number of hydrogen-bond acceptors (Lipinski definition) is 3. The number of aromatic hydroxyl groups is 1. The molecule has 1 N–H and O–H groups in total. The second-order valence-electron chi connectivity index (χ2n) is 2.60. The second-order valence-corrected chi connectivity index (χ2v) is 6.96. The van der Waals surface area contributed by atoms with Gasteiger partial charge in [-0.05, 0) is 0 Å². The molecule has 0 saturated carbocycles. The molecule has 0 bridgehead atoms. The first-order valence-corrected chi connectivity index (χ1v) is 8.61. The number of rotatable bonds is 3. The third kappa shape index (κ3) is 2.94. The molecule has 3 nitrogen and oxygen atoms in total. The van der Waals surface area contributed by atoms with Crippen molar-refractivity contribution < 1.29 is 13.5 Å². The molecule has 13 heavy (non-hydrogen) atoms. The van der Waals surface area contributed by atoms with E-state index in [4.69, 9.17) is 5.11 Å². The van der Waals surface area contributed by atoms with Crippen molar-refractivity contribution in [2.45, 2.75) is 8.88 Å². The van der Waals surface area contributed by atoms with Crippen molar-refractivity contribution in [3.05, 3.63) is 24.3 Å². The van der Waals surface area contributed by atoms with Crippen molar-refractivity contribution in [1.82, 2.24) is 0 Å². The van der Waals surface area contributed by atoms with Crippen molar-refractivity contribution in [3.8, 4) is 5.75 Å². The van der Waals surface area contributed by atoms with E-state index < -0.39 is 9.84 Å². The number of sulfone groups is 1. The SMILES string of the molecule is O=S(=O)(C[CH2][Tl])c1ccc(O)cc1. The fourth-order valence-corrected chi connectivity index (χ4v) is 5.64. The van der Waals surface area contributed by atoms with E-state index in [1.54, 1.807) is 0 Å². The Labute approximate surface area is 93.4 Å². The van der Waals surface area contributed by atoms with E-state index in [1.165, 1.54) is 24.3 Å². The van der Waals surface area contributed by atoms with Crippen molar-refractivity contribution in [3.63, 3.8) is 0 Å². The van der Waals surface area contributed by atoms with Gasteiger partial charge in [0.15, 0.2) is 0 Å². The molecule has 1 aromatic rings. The first-order chi connectivity index (χ1) is 6.06. The molecule has 0 radical (unpaired) electrons. The van der Waals surface area contributed by atoms with Gasteiger partial charge in [0.25, 0.3) is 0 Å². The Kier molecular flexibility index (Phi) is 3.72. The molecule has 0 aromatic heterocycles. The number of phenolic OH excluding ortho intramolecular Hbond substituents is 1. The average molecular weight is 390 g/mol. The van der Waals surface area contributed by atoms with Gasteiger partial charge in [-0.3, -0.25) is 0 Å². The van der Waals surface area contributed by atoms with Crippen LogP contribution >= 0.6 is 0 Å². The van der Waals surface area contributed by atoms with Gasteiger partial charge < -0.3 is 0 Å². The Bertz CT molecular complexity index is 369. The third-order valence-electron chi connectivity index (χ3n) is 1.58. The van der Waals surface area contributed by atoms with Crippen molar-refractivity contribution in [2.75, 3.05) is 5.75 Å². The summed E-state index contributed by atoms with van der Waals surface area (Å²) in [5, 5.41) is 8.97. The van der Waals surface area contributed by atoms with Crippen LogP contribution in [-0.2, 0) is 9.84 Å². The van der Waals surface area contributed by atoms with E-state index in [0.29, 0.717) is 30.7 Å². The maximum absolute atomic E-state index is 11.5. The normalized spacial score (nSPS) is 11.3. The van der Waals surface area contributed by atoms with Gasteiger partial charge in [-0.15, -0.1) is 0 Å². The maximum atomic E-state index is 11.5. The van der Waals surface area contributed by atoms with Crippen LogP contribution in [-0.4, -0.2) is 45.0 Å². The summed E-state index contributed by atoms with van der Waals surface area (Å²) in [6.45, 7) is 0. The summed E-state index contributed by atoms with van der Waals surface area (Å²) >= 11 is 0.705. The Morgan fingerprint density at radius 1 is 1.23 bits per heavy atom. The van der Waals surface area contributed by atoms with Crippen molar-refractivity contribution in [2.24, 2.45) is 0 Å². The Morgan fingerprint density at radius 2 is 1.77 bits per heavy atom. The third-order valence-corrected chi connectivity index (χ3v) is 6.09. The summed E-state index contributed by atoms with van der Waals surface area (Å²) in [7, 11) is -3.10. The van der Waals surface area contributed by atoms with Crippen LogP contribution in [0.1, 0.15) is 0 Å². The van der Waals surface area contributed by atoms with Crippen LogP contribution in [0.4, 0.5) is 0 Å². The summed E-state index contributed by atoms with van der Waals surface area (Å²) in [5.74, 6) is 0.314. The van der Waals surface area contributed by atoms with Gasteiger partial charge in [0, 0.05) is 0 Å². The van der Waals surface area contributed by atoms with Crippen LogP contribution < -0.4 is 0 Å². The van der Waals surface area contributed by atoms with E-state index in [1.807, 2.05) is 0 Å². The van der Waals surface area contributed by atoms with Crippen molar-refractivity contribution in [1.29, 1.82) is 0 Å². The van der Waals surface area contributed by atoms with E-state index in [9.17, 15) is 8.42 Å². The van der Waals surface area contributed by atoms with Crippen LogP contribution in [0.2, 0.25) is 3.98 Å². The molecule has 0 aliphatic carbocycles. The molecule has 0 fully saturated rings. The van der Waals surface area contributed by atoms with Gasteiger partial charge >= 0.3 is 93.8 Å². The summed E-state index contributed by atoms with van der Waals surface area (Å²) < 4.78 is 23.7. The summed E-state index contributed by atoms with van der Waals surface area (Å²) in [6, 6.07) is 5.65. The average Bonchev–Trinajstić information content (AvgIpc) is 2.05. The molecule has 0 spiro atoms. The molecule has 68 valence electrons. The quantitative estimate of drug-likeness (QED) is 0.777. The zero-order chi connectivity index (χ0) is 9.90. The van der Waals surface area contributed by atoms with E-state index in [0.717, 1.165) is 3.98 Å². The fourth-order valence-electron chi connectivity index (χ4n) is 0.926. The van der Waals surface area contributed by atoms with Gasteiger partial charge in [0.2, 0.25) is 0 Å². The van der Waals surface area contributed by atoms with E-state index in [-0.39, 0.29) is 11.5 Å². The minimum absolute atomic E-state index is 0.0895. The molecular weight excluding hydrogens is 381 g/mol. The predicted octanol–water partition coefficient (Wildman–Crippen LogP) is 0.753. The van der Waals surface area contributed by atoms with Gasteiger partial charge in [-0.2, -0.15) is 0 Å². The van der Waals surface area contributed by atoms with Gasteiger partial charge in [0.05, 0.1) is 0 Å². The molecule has 0 saturated heterocycles. The topological polar surface area (TPSA) is 54.4 Å². The number of hydrogen-bond donors (Lipinski definition) is 1. The summed E-state index contributed by atoms with van der Waals surface area (Å²) in [4.78, 5) is 0.297. The monoisotopic (exact) mass is 390 g/mol. The molecule has 0 amide bonds. The zero-order valence-electron chi connectivity index (χ0n) is 6.97. The van der Waals surface area contributed by atoms with Gasteiger partial charge in [-0.1, -0.05) is 0 Å². The second kappa shape index (κ2) is 4.41. The molecule has 0 heterocycles. The first-order valence-electron chi connectivity index (χ1n) is 3.78. The standard InChI is InChI=1S/C8H9O3S.Tl/c1-2-12(10,11)8-5-3-7(9)4-6-8;/h3-6,9H,1-2H2;. The summed E-state index contributed by atoms with van der Waals surface area (Å²) in [5.41, 5.74) is 0. The number of phenols is 1. The van der Waals surface area contributed by atoms with Crippen LogP contribution in [0.3, 0.4) is 0 Å². The Hall–Kier alpha value is -0.108. The molecule has 0 unspecified atom stereocenters. The molecule has 0 atom stereocenters. The van der Waals surface area contributed by atoms with Crippen LogP contribution in [0, 0.1) is 0 Å². The Balaban J connectivity index is 3.02. The first kappa shape index (κ1) is 11.0. The Morgan fingerprint density at radius 3 is 2.23 bits per heavy atom. The molecule has 1 rings (SSSR count). The van der Waals surface area contributed by atoms with Crippen molar-refractivity contribution >= 4 is 35.6 Å². The van der Waals surface area contributed by atoms with E-state index >= 15 is 0 Å². The zero-order valence-corrected chi connectivity index (χ0v) is 12.3. The number of benzene rings is 1. The molecule has 1 aromatic carbocycles. The van der Waals surface area contributed by atoms with Crippen LogP contribution in [0.25, 0.3) is 0 Å².